The molecule has 1 N–H and O–H groups in total. The fourth-order valence-electron chi connectivity index (χ4n) is 1.45. The van der Waals surface area contributed by atoms with Crippen LogP contribution in [0, 0.1) is 6.92 Å². The first-order valence-corrected chi connectivity index (χ1v) is 7.25. The van der Waals surface area contributed by atoms with Gasteiger partial charge in [0.05, 0.1) is 5.69 Å². The van der Waals surface area contributed by atoms with Crippen molar-refractivity contribution < 1.29 is 14.0 Å². The van der Waals surface area contributed by atoms with Crippen molar-refractivity contribution in [3.8, 4) is 0 Å². The van der Waals surface area contributed by atoms with Gasteiger partial charge in [0.1, 0.15) is 4.88 Å². The minimum absolute atomic E-state index is 0.138. The summed E-state index contributed by atoms with van der Waals surface area (Å²) in [6.07, 6.45) is 0. The van der Waals surface area contributed by atoms with E-state index in [0.717, 1.165) is 11.3 Å². The highest BCUT2D eigenvalue weighted by Crippen LogP contribution is 2.24. The molecule has 2 aromatic rings. The number of carbonyl (C=O) groups excluding carboxylic acids is 2. The molecule has 0 aromatic carbocycles. The summed E-state index contributed by atoms with van der Waals surface area (Å²) in [5.41, 5.74) is 0.588. The molecule has 0 fully saturated rings. The van der Waals surface area contributed by atoms with Crippen molar-refractivity contribution in [3.05, 3.63) is 33.1 Å². The highest BCUT2D eigenvalue weighted by Gasteiger charge is 2.19. The number of nitrogens with zero attached hydrogens (tertiary/aromatic N) is 2. The van der Waals surface area contributed by atoms with E-state index in [2.05, 4.69) is 26.2 Å². The number of halogens is 1. The van der Waals surface area contributed by atoms with Crippen molar-refractivity contribution >= 4 is 44.2 Å². The van der Waals surface area contributed by atoms with E-state index in [4.69, 9.17) is 4.42 Å². The Hall–Kier alpha value is -1.67. The third-order valence-corrected chi connectivity index (χ3v) is 3.90. The normalized spacial score (nSPS) is 10.4. The minimum Gasteiger partial charge on any atom is -0.444 e. The molecular weight excluding hydrogens is 346 g/mol. The summed E-state index contributed by atoms with van der Waals surface area (Å²) in [7, 11) is 3.33. The summed E-state index contributed by atoms with van der Waals surface area (Å²) in [6.45, 7) is 1.73. The quantitative estimate of drug-likeness (QED) is 0.916. The number of nitrogens with one attached hydrogen (secondary N) is 1. The Morgan fingerprint density at radius 1 is 1.40 bits per heavy atom. The van der Waals surface area contributed by atoms with Crippen molar-refractivity contribution in [2.24, 2.45) is 0 Å². The Morgan fingerprint density at radius 3 is 2.65 bits per heavy atom. The molecule has 8 heteroatoms. The molecule has 0 spiro atoms. The van der Waals surface area contributed by atoms with Gasteiger partial charge in [-0.1, -0.05) is 11.3 Å². The molecule has 0 aliphatic carbocycles. The van der Waals surface area contributed by atoms with E-state index in [-0.39, 0.29) is 11.7 Å². The fraction of sp³-hybridized carbons (Fsp3) is 0.250. The predicted molar refractivity (Wildman–Crippen MR) is 79.2 cm³/mol. The molecule has 0 radical (unpaired) electrons. The lowest BCUT2D eigenvalue weighted by atomic mass is 10.3. The lowest BCUT2D eigenvalue weighted by molar-refractivity contribution is 0.0831. The van der Waals surface area contributed by atoms with Crippen LogP contribution in [0.15, 0.2) is 21.2 Å². The maximum atomic E-state index is 11.9. The molecule has 6 nitrogen and oxygen atoms in total. The summed E-state index contributed by atoms with van der Waals surface area (Å²) in [4.78, 5) is 29.9. The molecule has 0 saturated carbocycles. The average molecular weight is 358 g/mol. The van der Waals surface area contributed by atoms with E-state index in [0.29, 0.717) is 20.4 Å². The first kappa shape index (κ1) is 14.7. The molecule has 0 saturated heterocycles. The molecule has 0 aliphatic heterocycles. The van der Waals surface area contributed by atoms with Gasteiger partial charge in [-0.2, -0.15) is 0 Å². The molecule has 0 bridgehead atoms. The van der Waals surface area contributed by atoms with E-state index < -0.39 is 5.91 Å². The van der Waals surface area contributed by atoms with E-state index in [1.54, 1.807) is 33.2 Å². The van der Waals surface area contributed by atoms with Gasteiger partial charge in [-0.25, -0.2) is 4.98 Å². The highest BCUT2D eigenvalue weighted by atomic mass is 79.9. The maximum absolute atomic E-state index is 11.9. The largest absolute Gasteiger partial charge is 0.444 e. The number of carbonyl (C=O) groups is 2. The first-order chi connectivity index (χ1) is 9.38. The topological polar surface area (TPSA) is 75.4 Å². The summed E-state index contributed by atoms with van der Waals surface area (Å²) < 4.78 is 5.62. The molecule has 0 aliphatic rings. The van der Waals surface area contributed by atoms with E-state index in [9.17, 15) is 9.59 Å². The lowest BCUT2D eigenvalue weighted by Gasteiger charge is -2.07. The molecular formula is C12H12BrN3O3S. The van der Waals surface area contributed by atoms with Gasteiger partial charge in [-0.15, -0.1) is 0 Å². The third-order valence-electron chi connectivity index (χ3n) is 2.41. The van der Waals surface area contributed by atoms with Crippen molar-refractivity contribution in [1.82, 2.24) is 9.88 Å². The lowest BCUT2D eigenvalue weighted by Crippen LogP contribution is -2.21. The molecule has 2 rings (SSSR count). The molecule has 106 valence electrons. The van der Waals surface area contributed by atoms with Crippen molar-refractivity contribution in [3.63, 3.8) is 0 Å². The van der Waals surface area contributed by atoms with Gasteiger partial charge in [0.2, 0.25) is 0 Å². The van der Waals surface area contributed by atoms with Gasteiger partial charge < -0.3 is 9.32 Å². The van der Waals surface area contributed by atoms with Crippen LogP contribution in [0.3, 0.4) is 0 Å². The van der Waals surface area contributed by atoms with Gasteiger partial charge >= 0.3 is 0 Å². The monoisotopic (exact) mass is 357 g/mol. The van der Waals surface area contributed by atoms with Crippen LogP contribution in [-0.4, -0.2) is 35.8 Å². The van der Waals surface area contributed by atoms with E-state index in [1.807, 2.05) is 0 Å². The average Bonchev–Trinajstić information content (AvgIpc) is 2.94. The zero-order valence-corrected chi connectivity index (χ0v) is 13.5. The summed E-state index contributed by atoms with van der Waals surface area (Å²) in [5, 5.41) is 2.98. The number of hydrogen-bond acceptors (Lipinski definition) is 5. The van der Waals surface area contributed by atoms with Crippen LogP contribution in [0.4, 0.5) is 5.13 Å². The van der Waals surface area contributed by atoms with Crippen LogP contribution in [0.5, 0.6) is 0 Å². The number of thiazole rings is 1. The van der Waals surface area contributed by atoms with Crippen molar-refractivity contribution in [2.75, 3.05) is 19.4 Å². The van der Waals surface area contributed by atoms with Crippen LogP contribution < -0.4 is 5.32 Å². The standard InChI is InChI=1S/C12H12BrN3O3S/c1-6-9(11(18)16(2)3)20-12(14-6)15-10(17)7-4-5-8(13)19-7/h4-5H,1-3H3,(H,14,15,17). The number of amides is 2. The molecule has 2 aromatic heterocycles. The number of aryl methyl sites for hydroxylation is 1. The highest BCUT2D eigenvalue weighted by molar-refractivity contribution is 9.10. The Morgan fingerprint density at radius 2 is 2.10 bits per heavy atom. The second-order valence-electron chi connectivity index (χ2n) is 4.19. The van der Waals surface area contributed by atoms with Crippen LogP contribution in [0.2, 0.25) is 0 Å². The zero-order chi connectivity index (χ0) is 14.9. The number of hydrogen-bond donors (Lipinski definition) is 1. The second-order valence-corrected chi connectivity index (χ2v) is 5.97. The Balaban J connectivity index is 2.17. The van der Waals surface area contributed by atoms with Crippen molar-refractivity contribution in [2.45, 2.75) is 6.92 Å². The first-order valence-electron chi connectivity index (χ1n) is 5.64. The third kappa shape index (κ3) is 3.07. The van der Waals surface area contributed by atoms with Crippen molar-refractivity contribution in [1.29, 1.82) is 0 Å². The molecule has 0 atom stereocenters. The Labute approximate surface area is 127 Å². The summed E-state index contributed by atoms with van der Waals surface area (Å²) in [6, 6.07) is 3.18. The van der Waals surface area contributed by atoms with Crippen LogP contribution in [0.25, 0.3) is 0 Å². The van der Waals surface area contributed by atoms with E-state index >= 15 is 0 Å². The van der Waals surface area contributed by atoms with Gasteiger partial charge in [0.15, 0.2) is 15.6 Å². The van der Waals surface area contributed by atoms with Crippen LogP contribution in [-0.2, 0) is 0 Å². The number of furan rings is 1. The fourth-order valence-corrected chi connectivity index (χ4v) is 2.74. The van der Waals surface area contributed by atoms with Crippen LogP contribution >= 0.6 is 27.3 Å². The van der Waals surface area contributed by atoms with Gasteiger partial charge in [-0.05, 0) is 35.0 Å². The van der Waals surface area contributed by atoms with E-state index in [1.165, 1.54) is 4.90 Å². The predicted octanol–water partition coefficient (Wildman–Crippen LogP) is 2.76. The SMILES string of the molecule is Cc1nc(NC(=O)c2ccc(Br)o2)sc1C(=O)N(C)C. The summed E-state index contributed by atoms with van der Waals surface area (Å²) >= 11 is 4.26. The van der Waals surface area contributed by atoms with Gasteiger partial charge in [0.25, 0.3) is 11.8 Å². The molecule has 0 unspecified atom stereocenters. The Bertz CT molecular complexity index is 663. The minimum atomic E-state index is -0.409. The van der Waals surface area contributed by atoms with Gasteiger partial charge in [0, 0.05) is 14.1 Å². The smallest absolute Gasteiger partial charge is 0.293 e. The summed E-state index contributed by atoms with van der Waals surface area (Å²) in [5.74, 6) is -0.375. The number of aromatic nitrogens is 1. The Kier molecular flexibility index (Phi) is 4.24. The van der Waals surface area contributed by atoms with Crippen LogP contribution in [0.1, 0.15) is 25.9 Å². The maximum Gasteiger partial charge on any atom is 0.293 e. The number of rotatable bonds is 3. The molecule has 2 amide bonds. The second kappa shape index (κ2) is 5.76. The van der Waals surface area contributed by atoms with Gasteiger partial charge in [-0.3, -0.25) is 14.9 Å². The molecule has 2 heterocycles. The number of anilines is 1. The molecule has 20 heavy (non-hydrogen) atoms. The zero-order valence-electron chi connectivity index (χ0n) is 11.1.